The monoisotopic (exact) mass is 649 g/mol. The van der Waals surface area contributed by atoms with E-state index in [0.29, 0.717) is 27.8 Å². The summed E-state index contributed by atoms with van der Waals surface area (Å²) in [6.45, 7) is 3.15. The van der Waals surface area contributed by atoms with Gasteiger partial charge in [-0.1, -0.05) is 66.5 Å². The summed E-state index contributed by atoms with van der Waals surface area (Å²) in [5, 5.41) is 3.71. The van der Waals surface area contributed by atoms with Crippen molar-refractivity contribution >= 4 is 50.7 Å². The number of rotatable bonds is 14. The second-order valence-corrected chi connectivity index (χ2v) is 12.8. The van der Waals surface area contributed by atoms with Gasteiger partial charge in [0.05, 0.1) is 26.2 Å². The van der Waals surface area contributed by atoms with Crippen molar-refractivity contribution in [3.63, 3.8) is 0 Å². The first kappa shape index (κ1) is 34.0. The molecule has 0 saturated carbocycles. The topological polar surface area (TPSA) is 105 Å². The number of carbonyl (C=O) groups is 2. The Bertz CT molecular complexity index is 1520. The van der Waals surface area contributed by atoms with Crippen molar-refractivity contribution in [3.05, 3.63) is 87.9 Å². The first-order valence-corrected chi connectivity index (χ1v) is 16.3. The lowest BCUT2D eigenvalue weighted by Crippen LogP contribution is -2.54. The third-order valence-corrected chi connectivity index (χ3v) is 8.68. The van der Waals surface area contributed by atoms with E-state index in [2.05, 4.69) is 5.32 Å². The number of benzene rings is 3. The molecule has 3 rings (SSSR count). The maximum atomic E-state index is 14.3. The summed E-state index contributed by atoms with van der Waals surface area (Å²) in [4.78, 5) is 29.4. The van der Waals surface area contributed by atoms with E-state index >= 15 is 0 Å². The summed E-state index contributed by atoms with van der Waals surface area (Å²) in [6, 6.07) is 17.6. The van der Waals surface area contributed by atoms with E-state index < -0.39 is 28.5 Å². The highest BCUT2D eigenvalue weighted by Crippen LogP contribution is 2.34. The highest BCUT2D eigenvalue weighted by atomic mass is 35.5. The van der Waals surface area contributed by atoms with Crippen molar-refractivity contribution in [3.8, 4) is 11.5 Å². The predicted octanol–water partition coefficient (Wildman–Crippen LogP) is 5.33. The van der Waals surface area contributed by atoms with E-state index in [1.54, 1.807) is 24.3 Å². The zero-order valence-electron chi connectivity index (χ0n) is 24.8. The van der Waals surface area contributed by atoms with Gasteiger partial charge in [-0.25, -0.2) is 8.42 Å². The number of halogens is 2. The SMILES string of the molecule is CC[C@H](C)NC(=O)[C@H](Cc1ccccc1)N(Cc1ccc(Cl)cc1Cl)C(=O)CN(c1ccc(OC)cc1OC)S(C)(=O)=O. The van der Waals surface area contributed by atoms with E-state index in [4.69, 9.17) is 32.7 Å². The lowest BCUT2D eigenvalue weighted by Gasteiger charge is -2.34. The van der Waals surface area contributed by atoms with Crippen molar-refractivity contribution in [2.75, 3.05) is 31.3 Å². The molecule has 0 aliphatic rings. The molecule has 2 atom stereocenters. The van der Waals surface area contributed by atoms with Gasteiger partial charge in [0.1, 0.15) is 24.1 Å². The molecule has 0 bridgehead atoms. The van der Waals surface area contributed by atoms with Gasteiger partial charge >= 0.3 is 0 Å². The average molecular weight is 651 g/mol. The van der Waals surface area contributed by atoms with Crippen LogP contribution in [0.25, 0.3) is 0 Å². The van der Waals surface area contributed by atoms with Crippen molar-refractivity contribution < 1.29 is 27.5 Å². The molecular formula is C31H37Cl2N3O6S. The number of anilines is 1. The Balaban J connectivity index is 2.13. The smallest absolute Gasteiger partial charge is 0.244 e. The van der Waals surface area contributed by atoms with E-state index in [0.717, 1.165) is 16.1 Å². The zero-order chi connectivity index (χ0) is 31.7. The largest absolute Gasteiger partial charge is 0.497 e. The van der Waals surface area contributed by atoms with Crippen LogP contribution in [0.4, 0.5) is 5.69 Å². The first-order valence-electron chi connectivity index (χ1n) is 13.6. The lowest BCUT2D eigenvalue weighted by atomic mass is 10.0. The van der Waals surface area contributed by atoms with Crippen molar-refractivity contribution in [2.45, 2.75) is 45.3 Å². The molecule has 2 amide bonds. The number of amides is 2. The molecule has 43 heavy (non-hydrogen) atoms. The standard InChI is InChI=1S/C31H37Cl2N3O6S/c1-6-21(2)34-31(38)28(16-22-10-8-7-9-11-22)35(19-23-12-13-24(32)17-26(23)33)30(37)20-36(43(5,39)40)27-15-14-25(41-3)18-29(27)42-4/h7-15,17-18,21,28H,6,16,19-20H2,1-5H3,(H,34,38)/t21-,28-/m0/s1. The molecule has 0 heterocycles. The molecule has 9 nitrogen and oxygen atoms in total. The minimum absolute atomic E-state index is 0.0718. The molecule has 0 fully saturated rings. The van der Waals surface area contributed by atoms with Gasteiger partial charge in [0.2, 0.25) is 21.8 Å². The van der Waals surface area contributed by atoms with Crippen LogP contribution in [0.5, 0.6) is 11.5 Å². The summed E-state index contributed by atoms with van der Waals surface area (Å²) >= 11 is 12.6. The second-order valence-electron chi connectivity index (χ2n) is 10.1. The minimum atomic E-state index is -3.99. The molecule has 12 heteroatoms. The zero-order valence-corrected chi connectivity index (χ0v) is 27.2. The van der Waals surface area contributed by atoms with Gasteiger partial charge in [0.15, 0.2) is 0 Å². The number of carbonyl (C=O) groups excluding carboxylic acids is 2. The fourth-order valence-electron chi connectivity index (χ4n) is 4.41. The number of ether oxygens (including phenoxy) is 2. The summed E-state index contributed by atoms with van der Waals surface area (Å²) in [7, 11) is -1.12. The Morgan fingerprint density at radius 3 is 2.26 bits per heavy atom. The van der Waals surface area contributed by atoms with Crippen molar-refractivity contribution in [1.82, 2.24) is 10.2 Å². The molecule has 1 N–H and O–H groups in total. The van der Waals surface area contributed by atoms with Gasteiger partial charge in [-0.15, -0.1) is 0 Å². The fraction of sp³-hybridized carbons (Fsp3) is 0.355. The highest BCUT2D eigenvalue weighted by molar-refractivity contribution is 7.92. The number of nitrogens with zero attached hydrogens (tertiary/aromatic N) is 2. The van der Waals surface area contributed by atoms with E-state index in [1.807, 2.05) is 44.2 Å². The Kier molecular flexibility index (Phi) is 12.1. The molecule has 0 radical (unpaired) electrons. The maximum Gasteiger partial charge on any atom is 0.244 e. The summed E-state index contributed by atoms with van der Waals surface area (Å²) in [6.07, 6.45) is 1.87. The molecule has 0 spiro atoms. The highest BCUT2D eigenvalue weighted by Gasteiger charge is 2.34. The van der Waals surface area contributed by atoms with Gasteiger partial charge in [0.25, 0.3) is 0 Å². The van der Waals surface area contributed by atoms with Gasteiger partial charge in [-0.2, -0.15) is 0 Å². The molecule has 0 aromatic heterocycles. The van der Waals surface area contributed by atoms with Gasteiger partial charge in [-0.05, 0) is 48.7 Å². The third kappa shape index (κ3) is 9.26. The van der Waals surface area contributed by atoms with Crippen LogP contribution < -0.4 is 19.1 Å². The average Bonchev–Trinajstić information content (AvgIpc) is 2.98. The van der Waals surface area contributed by atoms with Crippen LogP contribution in [-0.2, 0) is 32.6 Å². The lowest BCUT2D eigenvalue weighted by molar-refractivity contribution is -0.140. The molecule has 232 valence electrons. The Morgan fingerprint density at radius 1 is 0.977 bits per heavy atom. The molecular weight excluding hydrogens is 613 g/mol. The van der Waals surface area contributed by atoms with Gasteiger partial charge in [0, 0.05) is 35.1 Å². The van der Waals surface area contributed by atoms with Gasteiger partial charge in [-0.3, -0.25) is 13.9 Å². The van der Waals surface area contributed by atoms with E-state index in [1.165, 1.54) is 31.3 Å². The van der Waals surface area contributed by atoms with Crippen LogP contribution in [0, 0.1) is 0 Å². The van der Waals surface area contributed by atoms with E-state index in [9.17, 15) is 18.0 Å². The molecule has 0 saturated heterocycles. The minimum Gasteiger partial charge on any atom is -0.497 e. The first-order chi connectivity index (χ1) is 20.4. The fourth-order valence-corrected chi connectivity index (χ4v) is 5.74. The maximum absolute atomic E-state index is 14.3. The third-order valence-electron chi connectivity index (χ3n) is 6.96. The summed E-state index contributed by atoms with van der Waals surface area (Å²) in [5.41, 5.74) is 1.51. The molecule has 0 aliphatic heterocycles. The van der Waals surface area contributed by atoms with Crippen LogP contribution in [-0.4, -0.2) is 64.2 Å². The second kappa shape index (κ2) is 15.3. The summed E-state index contributed by atoms with van der Waals surface area (Å²) in [5.74, 6) is -0.344. The van der Waals surface area contributed by atoms with Crippen LogP contribution >= 0.6 is 23.2 Å². The Morgan fingerprint density at radius 2 is 1.67 bits per heavy atom. The number of sulfonamides is 1. The van der Waals surface area contributed by atoms with Crippen LogP contribution in [0.2, 0.25) is 10.0 Å². The van der Waals surface area contributed by atoms with Crippen LogP contribution in [0.1, 0.15) is 31.4 Å². The number of hydrogen-bond acceptors (Lipinski definition) is 6. The van der Waals surface area contributed by atoms with Gasteiger partial charge < -0.3 is 19.7 Å². The molecule has 3 aromatic rings. The van der Waals surface area contributed by atoms with Crippen LogP contribution in [0.15, 0.2) is 66.7 Å². The summed E-state index contributed by atoms with van der Waals surface area (Å²) < 4.78 is 37.8. The van der Waals surface area contributed by atoms with Crippen molar-refractivity contribution in [2.24, 2.45) is 0 Å². The Hall–Kier alpha value is -3.47. The Labute approximate surface area is 263 Å². The number of methoxy groups -OCH3 is 2. The molecule has 0 aliphatic carbocycles. The predicted molar refractivity (Wildman–Crippen MR) is 171 cm³/mol. The van der Waals surface area contributed by atoms with Crippen LogP contribution in [0.3, 0.4) is 0 Å². The van der Waals surface area contributed by atoms with E-state index in [-0.39, 0.29) is 36.4 Å². The quantitative estimate of drug-likeness (QED) is 0.253. The molecule has 0 unspecified atom stereocenters. The molecule has 3 aromatic carbocycles. The number of nitrogens with one attached hydrogen (secondary N) is 1. The van der Waals surface area contributed by atoms with Crippen molar-refractivity contribution in [1.29, 1.82) is 0 Å². The normalized spacial score (nSPS) is 12.6. The number of hydrogen-bond donors (Lipinski definition) is 1.